The highest BCUT2D eigenvalue weighted by molar-refractivity contribution is 5.47. The third kappa shape index (κ3) is 2.18. The van der Waals surface area contributed by atoms with E-state index >= 15 is 0 Å². The van der Waals surface area contributed by atoms with Crippen molar-refractivity contribution in [2.24, 2.45) is 5.73 Å². The van der Waals surface area contributed by atoms with Crippen LogP contribution >= 0.6 is 0 Å². The Morgan fingerprint density at radius 3 is 2.80 bits per heavy atom. The SMILES string of the molecule is CCOc1ccccc1-n1nnc(CN)c1C1CCC1. The van der Waals surface area contributed by atoms with E-state index in [0.717, 1.165) is 22.8 Å². The van der Waals surface area contributed by atoms with Crippen LogP contribution in [-0.2, 0) is 6.54 Å². The number of para-hydroxylation sites is 2. The van der Waals surface area contributed by atoms with E-state index in [1.165, 1.54) is 19.3 Å². The highest BCUT2D eigenvalue weighted by Crippen LogP contribution is 2.39. The summed E-state index contributed by atoms with van der Waals surface area (Å²) in [4.78, 5) is 0. The van der Waals surface area contributed by atoms with Gasteiger partial charge in [0.15, 0.2) is 0 Å². The lowest BCUT2D eigenvalue weighted by molar-refractivity contribution is 0.336. The lowest BCUT2D eigenvalue weighted by Gasteiger charge is -2.26. The Hall–Kier alpha value is -1.88. The first kappa shape index (κ1) is 13.1. The Balaban J connectivity index is 2.07. The first-order chi connectivity index (χ1) is 9.85. The minimum Gasteiger partial charge on any atom is -0.492 e. The van der Waals surface area contributed by atoms with Crippen molar-refractivity contribution in [1.82, 2.24) is 15.0 Å². The number of nitrogens with zero attached hydrogens (tertiary/aromatic N) is 3. The Morgan fingerprint density at radius 1 is 1.35 bits per heavy atom. The molecule has 0 spiro atoms. The molecule has 3 rings (SSSR count). The number of hydrogen-bond donors (Lipinski definition) is 1. The minimum atomic E-state index is 0.433. The van der Waals surface area contributed by atoms with Gasteiger partial charge in [0.25, 0.3) is 0 Å². The van der Waals surface area contributed by atoms with Crippen molar-refractivity contribution in [3.05, 3.63) is 35.7 Å². The van der Waals surface area contributed by atoms with Gasteiger partial charge in [-0.15, -0.1) is 5.10 Å². The summed E-state index contributed by atoms with van der Waals surface area (Å²) < 4.78 is 7.61. The van der Waals surface area contributed by atoms with Crippen LogP contribution < -0.4 is 10.5 Å². The fraction of sp³-hybridized carbons (Fsp3) is 0.467. The number of hydrogen-bond acceptors (Lipinski definition) is 4. The number of benzene rings is 1. The highest BCUT2D eigenvalue weighted by Gasteiger charge is 2.28. The van der Waals surface area contributed by atoms with E-state index in [1.807, 2.05) is 35.9 Å². The van der Waals surface area contributed by atoms with Crippen molar-refractivity contribution in [3.8, 4) is 11.4 Å². The first-order valence-corrected chi connectivity index (χ1v) is 7.22. The average molecular weight is 272 g/mol. The maximum atomic E-state index is 5.81. The molecule has 0 atom stereocenters. The summed E-state index contributed by atoms with van der Waals surface area (Å²) >= 11 is 0. The molecule has 0 bridgehead atoms. The summed E-state index contributed by atoms with van der Waals surface area (Å²) in [6, 6.07) is 7.94. The number of rotatable bonds is 5. The normalized spacial score (nSPS) is 15.1. The second-order valence-corrected chi connectivity index (χ2v) is 5.07. The van der Waals surface area contributed by atoms with Gasteiger partial charge in [-0.1, -0.05) is 23.8 Å². The fourth-order valence-corrected chi connectivity index (χ4v) is 2.64. The van der Waals surface area contributed by atoms with Crippen LogP contribution in [0.4, 0.5) is 0 Å². The zero-order valence-corrected chi connectivity index (χ0v) is 11.7. The second-order valence-electron chi connectivity index (χ2n) is 5.07. The van der Waals surface area contributed by atoms with Gasteiger partial charge in [0, 0.05) is 12.5 Å². The van der Waals surface area contributed by atoms with Crippen molar-refractivity contribution in [2.75, 3.05) is 6.61 Å². The molecule has 5 nitrogen and oxygen atoms in total. The van der Waals surface area contributed by atoms with Crippen molar-refractivity contribution in [1.29, 1.82) is 0 Å². The molecule has 5 heteroatoms. The Bertz CT molecular complexity index is 589. The zero-order valence-electron chi connectivity index (χ0n) is 11.7. The molecule has 2 N–H and O–H groups in total. The summed E-state index contributed by atoms with van der Waals surface area (Å²) in [5.41, 5.74) is 8.82. The summed E-state index contributed by atoms with van der Waals surface area (Å²) in [5, 5.41) is 8.56. The molecular formula is C15H20N4O. The van der Waals surface area contributed by atoms with Crippen LogP contribution in [0.15, 0.2) is 24.3 Å². The quantitative estimate of drug-likeness (QED) is 0.907. The Kier molecular flexibility index (Phi) is 3.69. The molecule has 20 heavy (non-hydrogen) atoms. The van der Waals surface area contributed by atoms with Crippen molar-refractivity contribution >= 4 is 0 Å². The predicted octanol–water partition coefficient (Wildman–Crippen LogP) is 2.39. The van der Waals surface area contributed by atoms with E-state index in [0.29, 0.717) is 19.1 Å². The molecule has 1 heterocycles. The molecular weight excluding hydrogens is 252 g/mol. The van der Waals surface area contributed by atoms with Gasteiger partial charge in [0.05, 0.1) is 12.3 Å². The maximum Gasteiger partial charge on any atom is 0.145 e. The Labute approximate surface area is 118 Å². The van der Waals surface area contributed by atoms with Gasteiger partial charge >= 0.3 is 0 Å². The van der Waals surface area contributed by atoms with Crippen molar-refractivity contribution < 1.29 is 4.74 Å². The van der Waals surface area contributed by atoms with Crippen molar-refractivity contribution in [3.63, 3.8) is 0 Å². The average Bonchev–Trinajstić information content (AvgIpc) is 2.81. The van der Waals surface area contributed by atoms with Crippen LogP contribution in [0, 0.1) is 0 Å². The summed E-state index contributed by atoms with van der Waals surface area (Å²) in [6.07, 6.45) is 3.65. The third-order valence-corrected chi connectivity index (χ3v) is 3.86. The molecule has 2 aromatic rings. The van der Waals surface area contributed by atoms with Gasteiger partial charge in [-0.05, 0) is 31.9 Å². The number of ether oxygens (including phenoxy) is 1. The summed E-state index contributed by atoms with van der Waals surface area (Å²) in [7, 11) is 0. The molecule has 0 aliphatic heterocycles. The minimum absolute atomic E-state index is 0.433. The predicted molar refractivity (Wildman–Crippen MR) is 77.0 cm³/mol. The lowest BCUT2D eigenvalue weighted by Crippen LogP contribution is -2.17. The molecule has 1 aliphatic carbocycles. The molecule has 0 unspecified atom stereocenters. The van der Waals surface area contributed by atoms with Crippen LogP contribution in [0.2, 0.25) is 0 Å². The molecule has 0 amide bonds. The van der Waals surface area contributed by atoms with Crippen LogP contribution in [-0.4, -0.2) is 21.6 Å². The number of nitrogens with two attached hydrogens (primary N) is 1. The van der Waals surface area contributed by atoms with E-state index in [1.54, 1.807) is 0 Å². The van der Waals surface area contributed by atoms with Crippen LogP contribution in [0.1, 0.15) is 43.5 Å². The molecule has 1 fully saturated rings. The topological polar surface area (TPSA) is 66.0 Å². The smallest absolute Gasteiger partial charge is 0.145 e. The van der Waals surface area contributed by atoms with Gasteiger partial charge in [-0.3, -0.25) is 0 Å². The summed E-state index contributed by atoms with van der Waals surface area (Å²) in [6.45, 7) is 3.05. The highest BCUT2D eigenvalue weighted by atomic mass is 16.5. The molecule has 106 valence electrons. The Morgan fingerprint density at radius 2 is 2.15 bits per heavy atom. The second kappa shape index (κ2) is 5.63. The zero-order chi connectivity index (χ0) is 13.9. The molecule has 1 aromatic carbocycles. The molecule has 1 saturated carbocycles. The van der Waals surface area contributed by atoms with Crippen LogP contribution in [0.3, 0.4) is 0 Å². The van der Waals surface area contributed by atoms with Gasteiger partial charge in [0.2, 0.25) is 0 Å². The standard InChI is InChI=1S/C15H20N4O/c1-2-20-14-9-4-3-8-13(14)19-15(11-6-5-7-11)12(10-16)17-18-19/h3-4,8-9,11H,2,5-7,10,16H2,1H3. The van der Waals surface area contributed by atoms with E-state index in [2.05, 4.69) is 10.3 Å². The van der Waals surface area contributed by atoms with Crippen molar-refractivity contribution in [2.45, 2.75) is 38.6 Å². The largest absolute Gasteiger partial charge is 0.492 e. The maximum absolute atomic E-state index is 5.81. The van der Waals surface area contributed by atoms with E-state index < -0.39 is 0 Å². The third-order valence-electron chi connectivity index (χ3n) is 3.86. The number of aromatic nitrogens is 3. The van der Waals surface area contributed by atoms with Gasteiger partial charge in [-0.25, -0.2) is 4.68 Å². The molecule has 0 radical (unpaired) electrons. The van der Waals surface area contributed by atoms with Gasteiger partial charge < -0.3 is 10.5 Å². The molecule has 1 aliphatic rings. The van der Waals surface area contributed by atoms with Crippen LogP contribution in [0.25, 0.3) is 5.69 Å². The van der Waals surface area contributed by atoms with E-state index in [4.69, 9.17) is 10.5 Å². The molecule has 0 saturated heterocycles. The summed E-state index contributed by atoms with van der Waals surface area (Å²) in [5.74, 6) is 1.36. The van der Waals surface area contributed by atoms with Gasteiger partial charge in [-0.2, -0.15) is 0 Å². The fourth-order valence-electron chi connectivity index (χ4n) is 2.64. The van der Waals surface area contributed by atoms with E-state index in [9.17, 15) is 0 Å². The lowest BCUT2D eigenvalue weighted by atomic mass is 9.82. The van der Waals surface area contributed by atoms with E-state index in [-0.39, 0.29) is 0 Å². The molecule has 1 aromatic heterocycles. The first-order valence-electron chi connectivity index (χ1n) is 7.22. The van der Waals surface area contributed by atoms with Crippen LogP contribution in [0.5, 0.6) is 5.75 Å². The monoisotopic (exact) mass is 272 g/mol. The van der Waals surface area contributed by atoms with Gasteiger partial charge in [0.1, 0.15) is 17.1 Å².